The van der Waals surface area contributed by atoms with E-state index in [0.717, 1.165) is 18.4 Å². The first-order valence-corrected chi connectivity index (χ1v) is 6.40. The Hall–Kier alpha value is -2.24. The fourth-order valence-electron chi connectivity index (χ4n) is 2.22. The number of carboxylic acid groups (broad SMARTS) is 2. The lowest BCUT2D eigenvalue weighted by Crippen LogP contribution is -2.26. The number of rotatable bonds is 6. The van der Waals surface area contributed by atoms with Gasteiger partial charge >= 0.3 is 11.9 Å². The first kappa shape index (κ1) is 14.2. The third kappa shape index (κ3) is 2.84. The molecular weight excluding hydrogens is 264 g/mol. The van der Waals surface area contributed by atoms with Gasteiger partial charge in [0.05, 0.1) is 0 Å². The topological polar surface area (TPSA) is 93.1 Å². The van der Waals surface area contributed by atoms with Crippen molar-refractivity contribution < 1.29 is 29.3 Å². The van der Waals surface area contributed by atoms with E-state index in [9.17, 15) is 9.59 Å². The van der Waals surface area contributed by atoms with Crippen LogP contribution in [0.2, 0.25) is 0 Å². The van der Waals surface area contributed by atoms with Crippen LogP contribution < -0.4 is 9.47 Å². The van der Waals surface area contributed by atoms with Gasteiger partial charge in [0.25, 0.3) is 0 Å². The number of fused-ring (bicyclic) bond motifs is 1. The monoisotopic (exact) mass is 280 g/mol. The molecule has 1 aromatic rings. The maximum atomic E-state index is 11.0. The van der Waals surface area contributed by atoms with Crippen LogP contribution in [0.3, 0.4) is 0 Å². The number of hydrogen-bond donors (Lipinski definition) is 2. The molecule has 1 aliphatic heterocycles. The minimum absolute atomic E-state index is 0.0589. The molecule has 6 heteroatoms. The number of aryl methyl sites for hydroxylation is 1. The standard InChI is InChI=1S/C14H16O6/c1-2-3-8-5-11-12(20-7-19-11)6-9(8)4-10(13(15)16)14(17)18/h5-6,10H,2-4,7H2,1H3,(H,15,16)(H,17,18). The molecule has 0 aromatic heterocycles. The Morgan fingerprint density at radius 1 is 1.15 bits per heavy atom. The number of benzene rings is 1. The summed E-state index contributed by atoms with van der Waals surface area (Å²) in [6.07, 6.45) is 1.55. The molecule has 0 aliphatic carbocycles. The summed E-state index contributed by atoms with van der Waals surface area (Å²) in [6.45, 7) is 2.13. The maximum absolute atomic E-state index is 11.0. The summed E-state index contributed by atoms with van der Waals surface area (Å²) in [6, 6.07) is 3.49. The molecular formula is C14H16O6. The van der Waals surface area contributed by atoms with Gasteiger partial charge in [0.1, 0.15) is 0 Å². The molecule has 0 amide bonds. The van der Waals surface area contributed by atoms with Gasteiger partial charge in [0.15, 0.2) is 17.4 Å². The molecule has 6 nitrogen and oxygen atoms in total. The van der Waals surface area contributed by atoms with Crippen molar-refractivity contribution in [1.82, 2.24) is 0 Å². The van der Waals surface area contributed by atoms with E-state index in [0.29, 0.717) is 17.1 Å². The fourth-order valence-corrected chi connectivity index (χ4v) is 2.22. The predicted octanol–water partition coefficient (Wildman–Crippen LogP) is 1.70. The summed E-state index contributed by atoms with van der Waals surface area (Å²) < 4.78 is 10.5. The second kappa shape index (κ2) is 5.81. The van der Waals surface area contributed by atoms with Crippen LogP contribution in [0.1, 0.15) is 24.5 Å². The normalized spacial score (nSPS) is 12.7. The lowest BCUT2D eigenvalue weighted by atomic mass is 9.93. The van der Waals surface area contributed by atoms with Crippen molar-refractivity contribution in [2.45, 2.75) is 26.2 Å². The summed E-state index contributed by atoms with van der Waals surface area (Å²) >= 11 is 0. The quantitative estimate of drug-likeness (QED) is 0.770. The summed E-state index contributed by atoms with van der Waals surface area (Å²) in [5.41, 5.74) is 1.59. The lowest BCUT2D eigenvalue weighted by molar-refractivity contribution is -0.154. The van der Waals surface area contributed by atoms with Gasteiger partial charge in [-0.25, -0.2) is 0 Å². The fraction of sp³-hybridized carbons (Fsp3) is 0.429. The molecule has 20 heavy (non-hydrogen) atoms. The van der Waals surface area contributed by atoms with E-state index >= 15 is 0 Å². The van der Waals surface area contributed by atoms with Crippen LogP contribution in [0, 0.1) is 5.92 Å². The summed E-state index contributed by atoms with van der Waals surface area (Å²) in [7, 11) is 0. The van der Waals surface area contributed by atoms with Crippen LogP contribution >= 0.6 is 0 Å². The Morgan fingerprint density at radius 2 is 1.70 bits per heavy atom. The van der Waals surface area contributed by atoms with Crippen molar-refractivity contribution >= 4 is 11.9 Å². The SMILES string of the molecule is CCCc1cc2c(cc1CC(C(=O)O)C(=O)O)OCO2. The van der Waals surface area contributed by atoms with Gasteiger partial charge in [-0.2, -0.15) is 0 Å². The molecule has 1 aromatic carbocycles. The molecule has 0 radical (unpaired) electrons. The zero-order chi connectivity index (χ0) is 14.7. The number of hydrogen-bond acceptors (Lipinski definition) is 4. The Morgan fingerprint density at radius 3 is 2.20 bits per heavy atom. The zero-order valence-corrected chi connectivity index (χ0v) is 11.1. The predicted molar refractivity (Wildman–Crippen MR) is 69.0 cm³/mol. The van der Waals surface area contributed by atoms with E-state index in [4.69, 9.17) is 19.7 Å². The number of aliphatic carboxylic acids is 2. The van der Waals surface area contributed by atoms with E-state index in [2.05, 4.69) is 0 Å². The van der Waals surface area contributed by atoms with Gasteiger partial charge in [-0.05, 0) is 36.1 Å². The molecule has 0 saturated heterocycles. The Balaban J connectivity index is 2.34. The third-order valence-corrected chi connectivity index (χ3v) is 3.23. The molecule has 0 bridgehead atoms. The van der Waals surface area contributed by atoms with Crippen molar-refractivity contribution in [3.63, 3.8) is 0 Å². The highest BCUT2D eigenvalue weighted by Crippen LogP contribution is 2.36. The highest BCUT2D eigenvalue weighted by atomic mass is 16.7. The van der Waals surface area contributed by atoms with Gasteiger partial charge in [-0.3, -0.25) is 9.59 Å². The van der Waals surface area contributed by atoms with Gasteiger partial charge in [0, 0.05) is 0 Å². The van der Waals surface area contributed by atoms with Crippen LogP contribution in [0.5, 0.6) is 11.5 Å². The second-order valence-electron chi connectivity index (χ2n) is 4.66. The first-order chi connectivity index (χ1) is 9.52. The van der Waals surface area contributed by atoms with Gasteiger partial charge in [-0.1, -0.05) is 13.3 Å². The van der Waals surface area contributed by atoms with E-state index in [1.54, 1.807) is 6.07 Å². The molecule has 108 valence electrons. The smallest absolute Gasteiger partial charge is 0.318 e. The molecule has 1 heterocycles. The molecule has 2 rings (SSSR count). The van der Waals surface area contributed by atoms with Crippen molar-refractivity contribution in [3.8, 4) is 11.5 Å². The average Bonchev–Trinajstić information content (AvgIpc) is 2.82. The largest absolute Gasteiger partial charge is 0.481 e. The minimum atomic E-state index is -1.45. The number of carboxylic acids is 2. The van der Waals surface area contributed by atoms with E-state index in [1.165, 1.54) is 0 Å². The Labute approximate surface area is 115 Å². The zero-order valence-electron chi connectivity index (χ0n) is 11.1. The lowest BCUT2D eigenvalue weighted by Gasteiger charge is -2.13. The summed E-state index contributed by atoms with van der Waals surface area (Å²) in [5.74, 6) is -2.96. The first-order valence-electron chi connectivity index (χ1n) is 6.40. The van der Waals surface area contributed by atoms with Gasteiger partial charge in [-0.15, -0.1) is 0 Å². The molecule has 0 spiro atoms. The van der Waals surface area contributed by atoms with E-state index < -0.39 is 17.9 Å². The van der Waals surface area contributed by atoms with Crippen molar-refractivity contribution in [3.05, 3.63) is 23.3 Å². The van der Waals surface area contributed by atoms with Crippen LogP contribution in [0.4, 0.5) is 0 Å². The number of carbonyl (C=O) groups is 2. The van der Waals surface area contributed by atoms with E-state index in [1.807, 2.05) is 13.0 Å². The van der Waals surface area contributed by atoms with Crippen LogP contribution in [0.15, 0.2) is 12.1 Å². The number of ether oxygens (including phenoxy) is 2. The highest BCUT2D eigenvalue weighted by Gasteiger charge is 2.28. The molecule has 0 fully saturated rings. The molecule has 0 saturated carbocycles. The highest BCUT2D eigenvalue weighted by molar-refractivity contribution is 5.93. The van der Waals surface area contributed by atoms with Gasteiger partial charge < -0.3 is 19.7 Å². The minimum Gasteiger partial charge on any atom is -0.481 e. The average molecular weight is 280 g/mol. The summed E-state index contributed by atoms with van der Waals surface area (Å²) in [5, 5.41) is 18.0. The molecule has 2 N–H and O–H groups in total. The summed E-state index contributed by atoms with van der Waals surface area (Å²) in [4.78, 5) is 22.0. The molecule has 1 aliphatic rings. The van der Waals surface area contributed by atoms with Crippen LogP contribution in [-0.2, 0) is 22.4 Å². The second-order valence-corrected chi connectivity index (χ2v) is 4.66. The Bertz CT molecular complexity index is 523. The van der Waals surface area contributed by atoms with E-state index in [-0.39, 0.29) is 13.2 Å². The molecule has 0 unspecified atom stereocenters. The van der Waals surface area contributed by atoms with Crippen molar-refractivity contribution in [1.29, 1.82) is 0 Å². The van der Waals surface area contributed by atoms with Crippen LogP contribution in [0.25, 0.3) is 0 Å². The molecule has 0 atom stereocenters. The van der Waals surface area contributed by atoms with Crippen molar-refractivity contribution in [2.24, 2.45) is 5.92 Å². The van der Waals surface area contributed by atoms with Gasteiger partial charge in [0.2, 0.25) is 6.79 Å². The third-order valence-electron chi connectivity index (χ3n) is 3.23. The maximum Gasteiger partial charge on any atom is 0.318 e. The van der Waals surface area contributed by atoms with Crippen molar-refractivity contribution in [2.75, 3.05) is 6.79 Å². The van der Waals surface area contributed by atoms with Crippen LogP contribution in [-0.4, -0.2) is 28.9 Å². The Kier molecular flexibility index (Phi) is 4.12.